The molecule has 8 N–H and O–H groups in total. The second-order valence-corrected chi connectivity index (χ2v) is 16.0. The predicted octanol–water partition coefficient (Wildman–Crippen LogP) is 8.44. The molecule has 0 bridgehead atoms. The summed E-state index contributed by atoms with van der Waals surface area (Å²) in [5.41, 5.74) is 7.79. The fraction of sp³-hybridized carbons (Fsp3) is 0.911. The van der Waals surface area contributed by atoms with E-state index in [-0.39, 0.29) is 43.1 Å². The number of amides is 2. The Morgan fingerprint density at radius 2 is 0.964 bits per heavy atom. The van der Waals surface area contributed by atoms with Gasteiger partial charge in [-0.15, -0.1) is 0 Å². The van der Waals surface area contributed by atoms with Crippen LogP contribution in [0.25, 0.3) is 0 Å². The number of hydrogen-bond donors (Lipinski definition) is 4. The van der Waals surface area contributed by atoms with Crippen molar-refractivity contribution in [1.82, 2.24) is 10.6 Å². The van der Waals surface area contributed by atoms with Crippen molar-refractivity contribution in [2.45, 2.75) is 238 Å². The third kappa shape index (κ3) is 37.2. The zero-order chi connectivity index (χ0) is 40.5. The molecule has 10 heteroatoms. The van der Waals surface area contributed by atoms with E-state index in [9.17, 15) is 19.2 Å². The zero-order valence-corrected chi connectivity index (χ0v) is 36.2. The summed E-state index contributed by atoms with van der Waals surface area (Å²) in [4.78, 5) is 50.7. The quantitative estimate of drug-likeness (QED) is 0.0358. The molecule has 324 valence electrons. The number of unbranched alkanes of at least 4 members (excludes halogenated alkanes) is 25. The molecule has 0 aliphatic heterocycles. The fourth-order valence-corrected chi connectivity index (χ4v) is 6.84. The number of esters is 2. The number of ether oxygens (including phenoxy) is 2. The molecule has 0 saturated heterocycles. The van der Waals surface area contributed by atoms with Gasteiger partial charge in [-0.2, -0.15) is 0 Å². The van der Waals surface area contributed by atoms with E-state index < -0.39 is 12.0 Å². The van der Waals surface area contributed by atoms with Gasteiger partial charge in [0.1, 0.15) is 6.04 Å². The number of hydrogen-bond acceptors (Lipinski definition) is 6. The Morgan fingerprint density at radius 1 is 0.509 bits per heavy atom. The van der Waals surface area contributed by atoms with Crippen LogP contribution in [0.5, 0.6) is 0 Å². The van der Waals surface area contributed by atoms with Gasteiger partial charge in [0.15, 0.2) is 6.04 Å². The summed E-state index contributed by atoms with van der Waals surface area (Å²) in [6.45, 7) is 6.64. The van der Waals surface area contributed by atoms with Gasteiger partial charge in [-0.3, -0.25) is 14.4 Å². The molecule has 2 unspecified atom stereocenters. The third-order valence-corrected chi connectivity index (χ3v) is 10.6. The smallest absolute Gasteiger partial charge is 0.328 e. The molecule has 0 aromatic heterocycles. The van der Waals surface area contributed by atoms with Crippen LogP contribution in [0.2, 0.25) is 0 Å². The number of carbonyl (C=O) groups is 4. The van der Waals surface area contributed by atoms with Gasteiger partial charge in [0.25, 0.3) is 5.91 Å². The van der Waals surface area contributed by atoms with Crippen LogP contribution < -0.4 is 22.1 Å². The minimum absolute atomic E-state index is 0.0285. The van der Waals surface area contributed by atoms with E-state index in [1.165, 1.54) is 116 Å². The van der Waals surface area contributed by atoms with Crippen LogP contribution in [-0.4, -0.2) is 62.1 Å². The molecule has 0 aliphatic rings. The minimum atomic E-state index is -0.874. The van der Waals surface area contributed by atoms with E-state index in [0.717, 1.165) is 77.2 Å². The first kappa shape index (κ1) is 52.8. The summed E-state index contributed by atoms with van der Waals surface area (Å²) in [5.74, 6) is -1.08. The van der Waals surface area contributed by atoms with Gasteiger partial charge in [0.05, 0.1) is 19.8 Å². The highest BCUT2D eigenvalue weighted by Gasteiger charge is 2.24. The van der Waals surface area contributed by atoms with Crippen molar-refractivity contribution in [2.75, 3.05) is 26.3 Å². The normalized spacial score (nSPS) is 12.3. The Balaban J connectivity index is 4.45. The molecule has 0 rings (SSSR count). The van der Waals surface area contributed by atoms with E-state index in [0.29, 0.717) is 26.2 Å². The molecular weight excluding hydrogens is 693 g/mol. The maximum absolute atomic E-state index is 13.1. The summed E-state index contributed by atoms with van der Waals surface area (Å²) in [6.07, 6.45) is 35.1. The maximum atomic E-state index is 13.1. The molecule has 0 heterocycles. The Kier molecular flexibility index (Phi) is 39.8. The van der Waals surface area contributed by atoms with E-state index in [2.05, 4.69) is 35.9 Å². The van der Waals surface area contributed by atoms with Crippen molar-refractivity contribution in [2.24, 2.45) is 0 Å². The highest BCUT2D eigenvalue weighted by Crippen LogP contribution is 2.14. The van der Waals surface area contributed by atoms with Crippen LogP contribution in [-0.2, 0) is 28.7 Å². The van der Waals surface area contributed by atoms with Crippen molar-refractivity contribution in [3.8, 4) is 0 Å². The third-order valence-electron chi connectivity index (χ3n) is 10.6. The van der Waals surface area contributed by atoms with Crippen molar-refractivity contribution in [3.05, 3.63) is 0 Å². The molecule has 2 atom stereocenters. The molecule has 0 spiro atoms. The van der Waals surface area contributed by atoms with Gasteiger partial charge >= 0.3 is 11.9 Å². The lowest BCUT2D eigenvalue weighted by Crippen LogP contribution is -2.67. The van der Waals surface area contributed by atoms with E-state index >= 15 is 0 Å². The van der Waals surface area contributed by atoms with E-state index in [1.54, 1.807) is 0 Å². The first-order valence-electron chi connectivity index (χ1n) is 23.4. The average Bonchev–Trinajstić information content (AvgIpc) is 3.18. The molecule has 2 amide bonds. The van der Waals surface area contributed by atoms with Crippen LogP contribution in [0.15, 0.2) is 0 Å². The average molecular weight is 783 g/mol. The van der Waals surface area contributed by atoms with Gasteiger partial charge in [0, 0.05) is 25.8 Å². The van der Waals surface area contributed by atoms with Crippen molar-refractivity contribution < 1.29 is 40.1 Å². The van der Waals surface area contributed by atoms with Gasteiger partial charge in [-0.25, -0.2) is 4.79 Å². The molecule has 0 aromatic carbocycles. The summed E-state index contributed by atoms with van der Waals surface area (Å²) < 4.78 is 11.1. The Hall–Kier alpha value is -2.20. The van der Waals surface area contributed by atoms with Gasteiger partial charge in [0.2, 0.25) is 5.91 Å². The Morgan fingerprint density at radius 3 is 1.45 bits per heavy atom. The molecule has 0 fully saturated rings. The maximum Gasteiger partial charge on any atom is 0.328 e. The predicted molar refractivity (Wildman–Crippen MR) is 225 cm³/mol. The number of nitrogens with one attached hydrogen (secondary N) is 2. The van der Waals surface area contributed by atoms with Gasteiger partial charge < -0.3 is 31.6 Å². The first-order chi connectivity index (χ1) is 26.8. The highest BCUT2D eigenvalue weighted by molar-refractivity contribution is 5.85. The molecule has 0 aromatic rings. The molecular formula is C45H90N4O6+2. The largest absolute Gasteiger partial charge is 0.466 e. The van der Waals surface area contributed by atoms with Gasteiger partial charge in [-0.05, 0) is 44.9 Å². The van der Waals surface area contributed by atoms with Crippen LogP contribution in [0.3, 0.4) is 0 Å². The molecule has 55 heavy (non-hydrogen) atoms. The minimum Gasteiger partial charge on any atom is -0.466 e. The summed E-state index contributed by atoms with van der Waals surface area (Å²) >= 11 is 0. The molecule has 0 saturated carbocycles. The van der Waals surface area contributed by atoms with Crippen LogP contribution in [0, 0.1) is 0 Å². The lowest BCUT2D eigenvalue weighted by atomic mass is 10.1. The van der Waals surface area contributed by atoms with Crippen molar-refractivity contribution in [1.29, 1.82) is 0 Å². The van der Waals surface area contributed by atoms with Crippen molar-refractivity contribution >= 4 is 23.8 Å². The monoisotopic (exact) mass is 783 g/mol. The SMILES string of the molecule is CCCCCCCCCCCCCCOC(=O)CCC(NC(=O)CCCCCNC(=O)C([NH3+])CCCC[NH3+])C(=O)OCCCCCCCCCCCCCC. The topological polar surface area (TPSA) is 166 Å². The standard InChI is InChI=1S/C45H88N4O6/c1-3-5-7-9-11-13-15-17-19-21-23-30-38-54-43(51)35-34-41(45(53)55-39-31-24-22-20-18-16-14-12-10-8-6-4-2)49-42(50)33-26-25-29-37-48-44(52)40(47)32-27-28-36-46/h40-41H,3-39,46-47H2,1-2H3,(H,48,52)(H,49,50)/p+2. The zero-order valence-electron chi connectivity index (χ0n) is 36.2. The Bertz CT molecular complexity index is 905. The highest BCUT2D eigenvalue weighted by atomic mass is 16.5. The van der Waals surface area contributed by atoms with Crippen LogP contribution in [0.4, 0.5) is 0 Å². The summed E-state index contributed by atoms with van der Waals surface area (Å²) in [6, 6.07) is -1.12. The van der Waals surface area contributed by atoms with Gasteiger partial charge in [-0.1, -0.05) is 162 Å². The molecule has 0 radical (unpaired) electrons. The fourth-order valence-electron chi connectivity index (χ4n) is 6.84. The number of carbonyl (C=O) groups excluding carboxylic acids is 4. The molecule has 0 aliphatic carbocycles. The first-order valence-corrected chi connectivity index (χ1v) is 23.4. The van der Waals surface area contributed by atoms with E-state index in [4.69, 9.17) is 9.47 Å². The second kappa shape index (κ2) is 41.4. The van der Waals surface area contributed by atoms with Crippen LogP contribution in [0.1, 0.15) is 226 Å². The second-order valence-electron chi connectivity index (χ2n) is 16.0. The summed E-state index contributed by atoms with van der Waals surface area (Å²) in [5, 5.41) is 5.77. The number of quaternary nitrogens is 2. The Labute approximate surface area is 337 Å². The lowest BCUT2D eigenvalue weighted by molar-refractivity contribution is -0.406. The number of rotatable bonds is 42. The lowest BCUT2D eigenvalue weighted by Gasteiger charge is -2.18. The van der Waals surface area contributed by atoms with Crippen molar-refractivity contribution in [3.63, 3.8) is 0 Å². The molecule has 10 nitrogen and oxygen atoms in total. The van der Waals surface area contributed by atoms with Crippen LogP contribution >= 0.6 is 0 Å². The van der Waals surface area contributed by atoms with E-state index in [1.807, 2.05) is 0 Å². The summed E-state index contributed by atoms with van der Waals surface area (Å²) in [7, 11) is 0.